The van der Waals surface area contributed by atoms with E-state index in [4.69, 9.17) is 5.11 Å². The summed E-state index contributed by atoms with van der Waals surface area (Å²) in [5, 5.41) is 18.6. The van der Waals surface area contributed by atoms with E-state index in [1.54, 1.807) is 0 Å². The van der Waals surface area contributed by atoms with Crippen LogP contribution in [0.2, 0.25) is 0 Å². The highest BCUT2D eigenvalue weighted by molar-refractivity contribution is 4.79. The standard InChI is InChI=1S/C13H26O2/c1-2-11-7-8-13(15)12(10-11)6-4-3-5-9-14/h11-15H,2-10H2,1H3. The molecule has 0 aromatic rings. The SMILES string of the molecule is CCC1CCC(O)C(CCCCCO)C1. The summed E-state index contributed by atoms with van der Waals surface area (Å²) < 4.78 is 0. The van der Waals surface area contributed by atoms with Gasteiger partial charge in [-0.05, 0) is 43.9 Å². The number of hydrogen-bond acceptors (Lipinski definition) is 2. The van der Waals surface area contributed by atoms with Crippen molar-refractivity contribution >= 4 is 0 Å². The molecule has 3 unspecified atom stereocenters. The normalized spacial score (nSPS) is 31.8. The maximum atomic E-state index is 9.89. The lowest BCUT2D eigenvalue weighted by atomic mass is 9.76. The molecule has 1 rings (SSSR count). The van der Waals surface area contributed by atoms with Crippen molar-refractivity contribution in [3.63, 3.8) is 0 Å². The van der Waals surface area contributed by atoms with Gasteiger partial charge in [-0.2, -0.15) is 0 Å². The molecule has 1 fully saturated rings. The highest BCUT2D eigenvalue weighted by Crippen LogP contribution is 2.34. The number of aliphatic hydroxyl groups excluding tert-OH is 2. The number of aliphatic hydroxyl groups is 2. The predicted octanol–water partition coefficient (Wildman–Crippen LogP) is 2.73. The van der Waals surface area contributed by atoms with E-state index in [1.165, 1.54) is 25.7 Å². The summed E-state index contributed by atoms with van der Waals surface area (Å²) in [6, 6.07) is 0. The second-order valence-electron chi connectivity index (χ2n) is 4.99. The van der Waals surface area contributed by atoms with E-state index in [2.05, 4.69) is 6.92 Å². The van der Waals surface area contributed by atoms with Crippen molar-refractivity contribution in [1.29, 1.82) is 0 Å². The Labute approximate surface area is 93.7 Å². The van der Waals surface area contributed by atoms with Crippen LogP contribution < -0.4 is 0 Å². The molecule has 1 saturated carbocycles. The molecule has 3 atom stereocenters. The summed E-state index contributed by atoms with van der Waals surface area (Å²) in [6.45, 7) is 2.57. The molecule has 0 heterocycles. The monoisotopic (exact) mass is 214 g/mol. The fourth-order valence-corrected chi connectivity index (χ4v) is 2.72. The average Bonchev–Trinajstić information content (AvgIpc) is 2.26. The van der Waals surface area contributed by atoms with Gasteiger partial charge >= 0.3 is 0 Å². The van der Waals surface area contributed by atoms with Crippen LogP contribution in [0.15, 0.2) is 0 Å². The highest BCUT2D eigenvalue weighted by atomic mass is 16.3. The molecule has 2 heteroatoms. The van der Waals surface area contributed by atoms with Crippen molar-refractivity contribution in [3.8, 4) is 0 Å². The summed E-state index contributed by atoms with van der Waals surface area (Å²) in [6.07, 6.45) is 8.99. The molecule has 0 amide bonds. The molecule has 0 aliphatic heterocycles. The zero-order valence-electron chi connectivity index (χ0n) is 9.99. The first-order valence-electron chi connectivity index (χ1n) is 6.56. The molecule has 0 saturated heterocycles. The van der Waals surface area contributed by atoms with Gasteiger partial charge in [-0.1, -0.05) is 26.2 Å². The van der Waals surface area contributed by atoms with E-state index < -0.39 is 0 Å². The third-order valence-corrected chi connectivity index (χ3v) is 3.86. The molecule has 15 heavy (non-hydrogen) atoms. The minimum atomic E-state index is -0.0538. The molecule has 0 bridgehead atoms. The summed E-state index contributed by atoms with van der Waals surface area (Å²) in [4.78, 5) is 0. The molecule has 1 aliphatic rings. The van der Waals surface area contributed by atoms with Crippen molar-refractivity contribution < 1.29 is 10.2 Å². The van der Waals surface area contributed by atoms with Gasteiger partial charge in [0, 0.05) is 6.61 Å². The Morgan fingerprint density at radius 1 is 1.13 bits per heavy atom. The predicted molar refractivity (Wildman–Crippen MR) is 62.7 cm³/mol. The Balaban J connectivity index is 2.19. The van der Waals surface area contributed by atoms with Crippen molar-refractivity contribution in [1.82, 2.24) is 0 Å². The van der Waals surface area contributed by atoms with Crippen LogP contribution in [0.3, 0.4) is 0 Å². The molecular weight excluding hydrogens is 188 g/mol. The van der Waals surface area contributed by atoms with E-state index in [1.807, 2.05) is 0 Å². The smallest absolute Gasteiger partial charge is 0.0568 e. The lowest BCUT2D eigenvalue weighted by Crippen LogP contribution is -2.28. The van der Waals surface area contributed by atoms with Crippen molar-refractivity contribution in [3.05, 3.63) is 0 Å². The lowest BCUT2D eigenvalue weighted by molar-refractivity contribution is 0.0416. The van der Waals surface area contributed by atoms with Crippen LogP contribution in [0, 0.1) is 11.8 Å². The van der Waals surface area contributed by atoms with Gasteiger partial charge in [0.05, 0.1) is 6.10 Å². The van der Waals surface area contributed by atoms with Gasteiger partial charge in [0.25, 0.3) is 0 Å². The van der Waals surface area contributed by atoms with Gasteiger partial charge in [-0.3, -0.25) is 0 Å². The topological polar surface area (TPSA) is 40.5 Å². The van der Waals surface area contributed by atoms with Crippen LogP contribution in [0.4, 0.5) is 0 Å². The van der Waals surface area contributed by atoms with E-state index >= 15 is 0 Å². The van der Waals surface area contributed by atoms with E-state index in [0.717, 1.165) is 31.6 Å². The largest absolute Gasteiger partial charge is 0.396 e. The molecule has 90 valence electrons. The fraction of sp³-hybridized carbons (Fsp3) is 1.00. The summed E-state index contributed by atoms with van der Waals surface area (Å²) in [5.74, 6) is 1.37. The first kappa shape index (κ1) is 13.0. The summed E-state index contributed by atoms with van der Waals surface area (Å²) in [7, 11) is 0. The van der Waals surface area contributed by atoms with Gasteiger partial charge < -0.3 is 10.2 Å². The summed E-state index contributed by atoms with van der Waals surface area (Å²) in [5.41, 5.74) is 0. The van der Waals surface area contributed by atoms with Crippen LogP contribution in [0.1, 0.15) is 58.3 Å². The lowest BCUT2D eigenvalue weighted by Gasteiger charge is -2.33. The maximum Gasteiger partial charge on any atom is 0.0568 e. The Hall–Kier alpha value is -0.0800. The molecule has 1 aliphatic carbocycles. The fourth-order valence-electron chi connectivity index (χ4n) is 2.72. The molecule has 0 aromatic heterocycles. The second kappa shape index (κ2) is 7.24. The first-order valence-corrected chi connectivity index (χ1v) is 6.56. The molecular formula is C13H26O2. The van der Waals surface area contributed by atoms with E-state index in [-0.39, 0.29) is 6.10 Å². The van der Waals surface area contributed by atoms with Crippen molar-refractivity contribution in [2.24, 2.45) is 11.8 Å². The average molecular weight is 214 g/mol. The third kappa shape index (κ3) is 4.52. The Kier molecular flexibility index (Phi) is 6.26. The first-order chi connectivity index (χ1) is 7.27. The Bertz CT molecular complexity index is 159. The summed E-state index contributed by atoms with van der Waals surface area (Å²) >= 11 is 0. The zero-order valence-corrected chi connectivity index (χ0v) is 9.99. The van der Waals surface area contributed by atoms with Crippen molar-refractivity contribution in [2.75, 3.05) is 6.61 Å². The Morgan fingerprint density at radius 2 is 1.93 bits per heavy atom. The molecule has 0 spiro atoms. The molecule has 2 N–H and O–H groups in total. The number of unbranched alkanes of at least 4 members (excludes halogenated alkanes) is 2. The van der Waals surface area contributed by atoms with Crippen LogP contribution in [0.5, 0.6) is 0 Å². The third-order valence-electron chi connectivity index (χ3n) is 3.86. The number of rotatable bonds is 6. The second-order valence-corrected chi connectivity index (χ2v) is 4.99. The minimum absolute atomic E-state index is 0.0538. The minimum Gasteiger partial charge on any atom is -0.396 e. The number of hydrogen-bond donors (Lipinski definition) is 2. The van der Waals surface area contributed by atoms with Gasteiger partial charge in [0.2, 0.25) is 0 Å². The van der Waals surface area contributed by atoms with Gasteiger partial charge in [-0.25, -0.2) is 0 Å². The molecule has 0 radical (unpaired) electrons. The van der Waals surface area contributed by atoms with Crippen LogP contribution >= 0.6 is 0 Å². The van der Waals surface area contributed by atoms with E-state index in [9.17, 15) is 5.11 Å². The zero-order chi connectivity index (χ0) is 11.1. The molecule has 2 nitrogen and oxygen atoms in total. The van der Waals surface area contributed by atoms with E-state index in [0.29, 0.717) is 12.5 Å². The van der Waals surface area contributed by atoms with Gasteiger partial charge in [-0.15, -0.1) is 0 Å². The maximum absolute atomic E-state index is 9.89. The quantitative estimate of drug-likeness (QED) is 0.667. The van der Waals surface area contributed by atoms with Crippen LogP contribution in [-0.2, 0) is 0 Å². The molecule has 0 aromatic carbocycles. The Morgan fingerprint density at radius 3 is 2.60 bits per heavy atom. The van der Waals surface area contributed by atoms with Gasteiger partial charge in [0.1, 0.15) is 0 Å². The van der Waals surface area contributed by atoms with Crippen LogP contribution in [0.25, 0.3) is 0 Å². The highest BCUT2D eigenvalue weighted by Gasteiger charge is 2.27. The van der Waals surface area contributed by atoms with Crippen molar-refractivity contribution in [2.45, 2.75) is 64.4 Å². The van der Waals surface area contributed by atoms with Gasteiger partial charge in [0.15, 0.2) is 0 Å². The van der Waals surface area contributed by atoms with Crippen LogP contribution in [-0.4, -0.2) is 22.9 Å².